The molecule has 0 saturated carbocycles. The van der Waals surface area contributed by atoms with Gasteiger partial charge in [-0.05, 0) is 12.1 Å². The van der Waals surface area contributed by atoms with Crippen LogP contribution in [0.1, 0.15) is 0 Å². The minimum atomic E-state index is -0.337. The Kier molecular flexibility index (Phi) is 5.53. The van der Waals surface area contributed by atoms with Gasteiger partial charge in [0.15, 0.2) is 0 Å². The molecule has 0 saturated heterocycles. The Bertz CT molecular complexity index is 827. The molecule has 1 aromatic heterocycles. The molecule has 0 fully saturated rings. The molecule has 3 rings (SSSR count). The molecule has 0 unspecified atom stereocenters. The van der Waals surface area contributed by atoms with Crippen LogP contribution in [-0.2, 0) is 4.74 Å². The van der Waals surface area contributed by atoms with Gasteiger partial charge in [-0.3, -0.25) is 0 Å². The fourth-order valence-electron chi connectivity index (χ4n) is 2.31. The molecule has 0 spiro atoms. The standard InChI is InChI=1S/C19H19FN4O/c1-25-12-11-21-19-23-17(14-7-3-2-4-8-14)13-18(24-19)22-16-10-6-5-9-15(16)20/h2-10,13H,11-12H2,1H3,(H2,21,22,23,24). The molecule has 2 N–H and O–H groups in total. The van der Waals surface area contributed by atoms with E-state index >= 15 is 0 Å². The highest BCUT2D eigenvalue weighted by Gasteiger charge is 2.08. The monoisotopic (exact) mass is 338 g/mol. The molecule has 2 aromatic carbocycles. The van der Waals surface area contributed by atoms with E-state index in [4.69, 9.17) is 4.74 Å². The van der Waals surface area contributed by atoms with Crippen LogP contribution < -0.4 is 10.6 Å². The fourth-order valence-corrected chi connectivity index (χ4v) is 2.31. The molecular weight excluding hydrogens is 319 g/mol. The number of methoxy groups -OCH3 is 1. The Morgan fingerprint density at radius 2 is 1.76 bits per heavy atom. The molecule has 0 amide bonds. The Morgan fingerprint density at radius 3 is 2.52 bits per heavy atom. The summed E-state index contributed by atoms with van der Waals surface area (Å²) in [7, 11) is 1.63. The molecule has 0 aliphatic carbocycles. The maximum Gasteiger partial charge on any atom is 0.225 e. The van der Waals surface area contributed by atoms with Crippen LogP contribution in [0.25, 0.3) is 11.3 Å². The predicted octanol–water partition coefficient (Wildman–Crippen LogP) is 4.08. The molecule has 0 aliphatic heterocycles. The Labute approximate surface area is 145 Å². The normalized spacial score (nSPS) is 10.5. The van der Waals surface area contributed by atoms with E-state index in [0.717, 1.165) is 11.3 Å². The zero-order valence-corrected chi connectivity index (χ0v) is 13.9. The smallest absolute Gasteiger partial charge is 0.225 e. The van der Waals surface area contributed by atoms with E-state index in [1.165, 1.54) is 6.07 Å². The van der Waals surface area contributed by atoms with Crippen LogP contribution in [0.2, 0.25) is 0 Å². The van der Waals surface area contributed by atoms with E-state index in [1.807, 2.05) is 30.3 Å². The van der Waals surface area contributed by atoms with Gasteiger partial charge in [-0.15, -0.1) is 0 Å². The van der Waals surface area contributed by atoms with Crippen LogP contribution in [0.3, 0.4) is 0 Å². The van der Waals surface area contributed by atoms with E-state index in [2.05, 4.69) is 20.6 Å². The minimum Gasteiger partial charge on any atom is -0.383 e. The van der Waals surface area contributed by atoms with E-state index in [1.54, 1.807) is 31.4 Å². The van der Waals surface area contributed by atoms with Gasteiger partial charge in [0, 0.05) is 25.3 Å². The Morgan fingerprint density at radius 1 is 1.00 bits per heavy atom. The first-order valence-electron chi connectivity index (χ1n) is 7.95. The molecular formula is C19H19FN4O. The summed E-state index contributed by atoms with van der Waals surface area (Å²) in [6.07, 6.45) is 0. The van der Waals surface area contributed by atoms with Crippen molar-refractivity contribution in [1.82, 2.24) is 9.97 Å². The van der Waals surface area contributed by atoms with Crippen molar-refractivity contribution in [3.05, 3.63) is 66.5 Å². The van der Waals surface area contributed by atoms with Gasteiger partial charge in [0.05, 0.1) is 18.0 Å². The topological polar surface area (TPSA) is 59.1 Å². The average Bonchev–Trinajstić information content (AvgIpc) is 2.64. The first-order valence-corrected chi connectivity index (χ1v) is 7.95. The molecule has 6 heteroatoms. The zero-order valence-electron chi connectivity index (χ0n) is 13.9. The van der Waals surface area contributed by atoms with Crippen LogP contribution in [0.5, 0.6) is 0 Å². The maximum absolute atomic E-state index is 13.9. The van der Waals surface area contributed by atoms with Crippen molar-refractivity contribution >= 4 is 17.5 Å². The summed E-state index contributed by atoms with van der Waals surface area (Å²) in [5.74, 6) is 0.632. The lowest BCUT2D eigenvalue weighted by Gasteiger charge is -2.12. The van der Waals surface area contributed by atoms with Gasteiger partial charge in [0.1, 0.15) is 11.6 Å². The van der Waals surface area contributed by atoms with Crippen molar-refractivity contribution in [2.75, 3.05) is 30.9 Å². The van der Waals surface area contributed by atoms with E-state index in [0.29, 0.717) is 30.6 Å². The first kappa shape index (κ1) is 16.9. The van der Waals surface area contributed by atoms with Crippen molar-refractivity contribution in [3.8, 4) is 11.3 Å². The minimum absolute atomic E-state index is 0.337. The van der Waals surface area contributed by atoms with Crippen LogP contribution in [0.15, 0.2) is 60.7 Å². The summed E-state index contributed by atoms with van der Waals surface area (Å²) in [6, 6.07) is 18.0. The zero-order chi connectivity index (χ0) is 17.5. The summed E-state index contributed by atoms with van der Waals surface area (Å²) in [5.41, 5.74) is 2.06. The fraction of sp³-hybridized carbons (Fsp3) is 0.158. The molecule has 3 aromatic rings. The number of halogens is 1. The number of anilines is 3. The molecule has 5 nitrogen and oxygen atoms in total. The molecule has 0 atom stereocenters. The molecule has 0 bridgehead atoms. The number of hydrogen-bond acceptors (Lipinski definition) is 5. The average molecular weight is 338 g/mol. The first-order chi connectivity index (χ1) is 12.3. The SMILES string of the molecule is COCCNc1nc(Nc2ccccc2F)cc(-c2ccccc2)n1. The van der Waals surface area contributed by atoms with Gasteiger partial charge in [-0.2, -0.15) is 4.98 Å². The molecule has 1 heterocycles. The summed E-state index contributed by atoms with van der Waals surface area (Å²) >= 11 is 0. The highest BCUT2D eigenvalue weighted by atomic mass is 19.1. The van der Waals surface area contributed by atoms with Crippen molar-refractivity contribution < 1.29 is 9.13 Å². The quantitative estimate of drug-likeness (QED) is 0.636. The number of benzene rings is 2. The lowest BCUT2D eigenvalue weighted by molar-refractivity contribution is 0.210. The number of hydrogen-bond donors (Lipinski definition) is 2. The van der Waals surface area contributed by atoms with Crippen molar-refractivity contribution in [3.63, 3.8) is 0 Å². The second-order valence-corrected chi connectivity index (χ2v) is 5.35. The van der Waals surface area contributed by atoms with Gasteiger partial charge < -0.3 is 15.4 Å². The predicted molar refractivity (Wildman–Crippen MR) is 97.5 cm³/mol. The second kappa shape index (κ2) is 8.21. The Hall–Kier alpha value is -2.99. The number of nitrogens with one attached hydrogen (secondary N) is 2. The van der Waals surface area contributed by atoms with E-state index < -0.39 is 0 Å². The van der Waals surface area contributed by atoms with Gasteiger partial charge in [0.2, 0.25) is 5.95 Å². The van der Waals surface area contributed by atoms with Crippen LogP contribution in [0.4, 0.5) is 21.8 Å². The number of nitrogens with zero attached hydrogens (tertiary/aromatic N) is 2. The van der Waals surface area contributed by atoms with Crippen LogP contribution in [0, 0.1) is 5.82 Å². The molecule has 25 heavy (non-hydrogen) atoms. The third kappa shape index (κ3) is 4.51. The number of aromatic nitrogens is 2. The lowest BCUT2D eigenvalue weighted by atomic mass is 10.1. The highest BCUT2D eigenvalue weighted by Crippen LogP contribution is 2.24. The molecule has 128 valence electrons. The highest BCUT2D eigenvalue weighted by molar-refractivity contribution is 5.67. The van der Waals surface area contributed by atoms with Gasteiger partial charge in [0.25, 0.3) is 0 Å². The summed E-state index contributed by atoms with van der Waals surface area (Å²) in [6.45, 7) is 1.11. The summed E-state index contributed by atoms with van der Waals surface area (Å²) in [4.78, 5) is 8.94. The van der Waals surface area contributed by atoms with Gasteiger partial charge >= 0.3 is 0 Å². The van der Waals surface area contributed by atoms with Crippen LogP contribution in [-0.4, -0.2) is 30.2 Å². The number of rotatable bonds is 7. The van der Waals surface area contributed by atoms with Crippen LogP contribution >= 0.6 is 0 Å². The third-order valence-corrected chi connectivity index (χ3v) is 3.52. The molecule has 0 aliphatic rings. The largest absolute Gasteiger partial charge is 0.383 e. The Balaban J connectivity index is 1.93. The van der Waals surface area contributed by atoms with Crippen molar-refractivity contribution in [2.45, 2.75) is 0 Å². The summed E-state index contributed by atoms with van der Waals surface area (Å²) in [5, 5.41) is 6.13. The maximum atomic E-state index is 13.9. The number of ether oxygens (including phenoxy) is 1. The van der Waals surface area contributed by atoms with E-state index in [9.17, 15) is 4.39 Å². The van der Waals surface area contributed by atoms with Gasteiger partial charge in [-0.25, -0.2) is 9.37 Å². The summed E-state index contributed by atoms with van der Waals surface area (Å²) < 4.78 is 18.9. The second-order valence-electron chi connectivity index (χ2n) is 5.35. The molecule has 0 radical (unpaired) electrons. The third-order valence-electron chi connectivity index (χ3n) is 3.52. The van der Waals surface area contributed by atoms with Crippen molar-refractivity contribution in [1.29, 1.82) is 0 Å². The lowest BCUT2D eigenvalue weighted by Crippen LogP contribution is -2.11. The van der Waals surface area contributed by atoms with Gasteiger partial charge in [-0.1, -0.05) is 42.5 Å². The van der Waals surface area contributed by atoms with E-state index in [-0.39, 0.29) is 5.82 Å². The number of para-hydroxylation sites is 1. The van der Waals surface area contributed by atoms with Crippen molar-refractivity contribution in [2.24, 2.45) is 0 Å².